The Balaban J connectivity index is 2.28. The van der Waals surface area contributed by atoms with Crippen molar-refractivity contribution >= 4 is 40.7 Å². The Kier molecular flexibility index (Phi) is 5.12. The van der Waals surface area contributed by atoms with E-state index in [-0.39, 0.29) is 11.4 Å². The summed E-state index contributed by atoms with van der Waals surface area (Å²) in [5.41, 5.74) is 1.23. The maximum atomic E-state index is 12.3. The number of anilines is 2. The number of halogens is 2. The number of aromatic nitrogens is 2. The fourth-order valence-corrected chi connectivity index (χ4v) is 2.31. The highest BCUT2D eigenvalue weighted by Gasteiger charge is 2.17. The summed E-state index contributed by atoms with van der Waals surface area (Å²) in [6.07, 6.45) is 0. The van der Waals surface area contributed by atoms with E-state index in [1.807, 2.05) is 20.8 Å². The van der Waals surface area contributed by atoms with Gasteiger partial charge in [0, 0.05) is 16.3 Å². The number of carbonyl (C=O) groups excluding carboxylic acids is 1. The minimum Gasteiger partial charge on any atom is -0.346 e. The van der Waals surface area contributed by atoms with Crippen LogP contribution >= 0.6 is 23.2 Å². The van der Waals surface area contributed by atoms with Crippen molar-refractivity contribution in [3.8, 4) is 0 Å². The summed E-state index contributed by atoms with van der Waals surface area (Å²) in [5, 5.41) is 6.86. The van der Waals surface area contributed by atoms with Gasteiger partial charge in [0.05, 0.1) is 10.7 Å². The van der Waals surface area contributed by atoms with Crippen LogP contribution in [-0.4, -0.2) is 21.4 Å². The molecule has 0 bridgehead atoms. The number of aryl methyl sites for hydroxylation is 1. The number of hydrogen-bond donors (Lipinski definition) is 2. The summed E-state index contributed by atoms with van der Waals surface area (Å²) < 4.78 is 0. The average Bonchev–Trinajstić information content (AvgIpc) is 2.39. The molecule has 0 atom stereocenters. The van der Waals surface area contributed by atoms with Crippen LogP contribution in [0.2, 0.25) is 10.0 Å². The van der Waals surface area contributed by atoms with Crippen molar-refractivity contribution in [1.29, 1.82) is 0 Å². The number of nitrogens with one attached hydrogen (secondary N) is 2. The Bertz CT molecular complexity index is 741. The molecule has 1 aromatic carbocycles. The highest BCUT2D eigenvalue weighted by molar-refractivity contribution is 6.36. The van der Waals surface area contributed by atoms with Gasteiger partial charge in [-0.05, 0) is 52.0 Å². The third-order valence-corrected chi connectivity index (χ3v) is 3.30. The van der Waals surface area contributed by atoms with E-state index in [1.165, 1.54) is 0 Å². The smallest absolute Gasteiger partial charge is 0.270 e. The number of nitrogens with zero attached hydrogens (tertiary/aromatic N) is 2. The summed E-state index contributed by atoms with van der Waals surface area (Å²) >= 11 is 12.0. The summed E-state index contributed by atoms with van der Waals surface area (Å²) in [7, 11) is 0. The molecule has 1 heterocycles. The molecule has 2 N–H and O–H groups in total. The van der Waals surface area contributed by atoms with Crippen LogP contribution < -0.4 is 10.6 Å². The van der Waals surface area contributed by atoms with E-state index in [0.717, 1.165) is 0 Å². The molecule has 0 spiro atoms. The maximum Gasteiger partial charge on any atom is 0.270 e. The van der Waals surface area contributed by atoms with Crippen LogP contribution in [0, 0.1) is 6.92 Å². The van der Waals surface area contributed by atoms with Crippen molar-refractivity contribution < 1.29 is 4.79 Å². The van der Waals surface area contributed by atoms with Crippen molar-refractivity contribution in [3.05, 3.63) is 45.7 Å². The molecule has 0 saturated heterocycles. The fourth-order valence-electron chi connectivity index (χ4n) is 1.86. The third kappa shape index (κ3) is 5.08. The zero-order valence-electron chi connectivity index (χ0n) is 13.4. The van der Waals surface area contributed by atoms with Crippen LogP contribution in [0.1, 0.15) is 37.0 Å². The zero-order chi connectivity index (χ0) is 17.2. The SMILES string of the molecule is Cc1cc(C(=O)NC(C)(C)C)nc(Nc2ccc(Cl)cc2Cl)n1. The van der Waals surface area contributed by atoms with Crippen molar-refractivity contribution in [2.24, 2.45) is 0 Å². The molecule has 5 nitrogen and oxygen atoms in total. The Morgan fingerprint density at radius 1 is 1.13 bits per heavy atom. The second-order valence-corrected chi connectivity index (χ2v) is 7.02. The Morgan fingerprint density at radius 2 is 1.83 bits per heavy atom. The van der Waals surface area contributed by atoms with Gasteiger partial charge in [-0.25, -0.2) is 9.97 Å². The lowest BCUT2D eigenvalue weighted by Crippen LogP contribution is -2.41. The standard InChI is InChI=1S/C16H18Cl2N4O/c1-9-7-13(14(23)22-16(2,3)4)21-15(19-9)20-12-6-5-10(17)8-11(12)18/h5-8H,1-4H3,(H,22,23)(H,19,20,21). The van der Waals surface area contributed by atoms with Gasteiger partial charge in [0.2, 0.25) is 5.95 Å². The van der Waals surface area contributed by atoms with Crippen molar-refractivity contribution in [3.63, 3.8) is 0 Å². The molecule has 0 aliphatic heterocycles. The lowest BCUT2D eigenvalue weighted by molar-refractivity contribution is 0.0914. The summed E-state index contributed by atoms with van der Waals surface area (Å²) in [4.78, 5) is 20.8. The molecule has 2 rings (SSSR count). The van der Waals surface area contributed by atoms with Crippen molar-refractivity contribution in [1.82, 2.24) is 15.3 Å². The summed E-state index contributed by atoms with van der Waals surface area (Å²) in [6, 6.07) is 6.69. The number of amides is 1. The van der Waals surface area contributed by atoms with Gasteiger partial charge in [-0.2, -0.15) is 0 Å². The molecule has 2 aromatic rings. The van der Waals surface area contributed by atoms with Crippen LogP contribution in [0.25, 0.3) is 0 Å². The Labute approximate surface area is 145 Å². The molecule has 0 radical (unpaired) electrons. The first kappa shape index (κ1) is 17.5. The Hall–Kier alpha value is -1.85. The lowest BCUT2D eigenvalue weighted by Gasteiger charge is -2.20. The highest BCUT2D eigenvalue weighted by Crippen LogP contribution is 2.27. The van der Waals surface area contributed by atoms with Gasteiger partial charge in [0.25, 0.3) is 5.91 Å². The first-order valence-electron chi connectivity index (χ1n) is 7.04. The van der Waals surface area contributed by atoms with Gasteiger partial charge < -0.3 is 10.6 Å². The first-order chi connectivity index (χ1) is 10.6. The second kappa shape index (κ2) is 6.72. The average molecular weight is 353 g/mol. The van der Waals surface area contributed by atoms with Gasteiger partial charge >= 0.3 is 0 Å². The van der Waals surface area contributed by atoms with Crippen molar-refractivity contribution in [2.45, 2.75) is 33.2 Å². The normalized spacial score (nSPS) is 11.2. The van der Waals surface area contributed by atoms with Gasteiger partial charge in [0.1, 0.15) is 5.69 Å². The zero-order valence-corrected chi connectivity index (χ0v) is 14.9. The minimum absolute atomic E-state index is 0.256. The van der Waals surface area contributed by atoms with E-state index in [2.05, 4.69) is 20.6 Å². The van der Waals surface area contributed by atoms with Crippen LogP contribution in [-0.2, 0) is 0 Å². The molecule has 0 unspecified atom stereocenters. The third-order valence-electron chi connectivity index (χ3n) is 2.75. The van der Waals surface area contributed by atoms with Gasteiger partial charge in [-0.3, -0.25) is 4.79 Å². The van der Waals surface area contributed by atoms with Crippen LogP contribution in [0.15, 0.2) is 24.3 Å². The number of hydrogen-bond acceptors (Lipinski definition) is 4. The molecular weight excluding hydrogens is 335 g/mol. The molecule has 7 heteroatoms. The van der Waals surface area contributed by atoms with Crippen LogP contribution in [0.5, 0.6) is 0 Å². The summed E-state index contributed by atoms with van der Waals surface area (Å²) in [5.74, 6) is 0.0431. The fraction of sp³-hybridized carbons (Fsp3) is 0.312. The number of benzene rings is 1. The monoisotopic (exact) mass is 352 g/mol. The topological polar surface area (TPSA) is 66.9 Å². The quantitative estimate of drug-likeness (QED) is 0.860. The minimum atomic E-state index is -0.344. The highest BCUT2D eigenvalue weighted by atomic mass is 35.5. The van der Waals surface area contributed by atoms with Gasteiger partial charge in [-0.1, -0.05) is 23.2 Å². The van der Waals surface area contributed by atoms with E-state index in [9.17, 15) is 4.79 Å². The van der Waals surface area contributed by atoms with E-state index in [4.69, 9.17) is 23.2 Å². The van der Waals surface area contributed by atoms with E-state index < -0.39 is 0 Å². The van der Waals surface area contributed by atoms with E-state index in [0.29, 0.717) is 33.1 Å². The van der Waals surface area contributed by atoms with E-state index in [1.54, 1.807) is 31.2 Å². The number of carbonyl (C=O) groups is 1. The first-order valence-corrected chi connectivity index (χ1v) is 7.80. The summed E-state index contributed by atoms with van der Waals surface area (Å²) in [6.45, 7) is 7.52. The molecule has 1 amide bonds. The second-order valence-electron chi connectivity index (χ2n) is 6.17. The Morgan fingerprint density at radius 3 is 2.43 bits per heavy atom. The molecule has 0 aliphatic rings. The molecule has 1 aromatic heterocycles. The maximum absolute atomic E-state index is 12.3. The molecule has 0 aliphatic carbocycles. The molecular formula is C16H18Cl2N4O. The molecule has 122 valence electrons. The number of rotatable bonds is 3. The van der Waals surface area contributed by atoms with Crippen LogP contribution in [0.4, 0.5) is 11.6 Å². The molecule has 0 fully saturated rings. The largest absolute Gasteiger partial charge is 0.346 e. The van der Waals surface area contributed by atoms with E-state index >= 15 is 0 Å². The van der Waals surface area contributed by atoms with Gasteiger partial charge in [0.15, 0.2) is 0 Å². The van der Waals surface area contributed by atoms with Crippen LogP contribution in [0.3, 0.4) is 0 Å². The van der Waals surface area contributed by atoms with Crippen molar-refractivity contribution in [2.75, 3.05) is 5.32 Å². The van der Waals surface area contributed by atoms with Gasteiger partial charge in [-0.15, -0.1) is 0 Å². The molecule has 23 heavy (non-hydrogen) atoms. The molecule has 0 saturated carbocycles. The predicted octanol–water partition coefficient (Wildman–Crippen LogP) is 4.36. The lowest BCUT2D eigenvalue weighted by atomic mass is 10.1. The predicted molar refractivity (Wildman–Crippen MR) is 93.7 cm³/mol.